The van der Waals surface area contributed by atoms with Crippen molar-refractivity contribution in [3.05, 3.63) is 71.4 Å². The Kier molecular flexibility index (Phi) is 4.24. The second-order valence-corrected chi connectivity index (χ2v) is 5.70. The Bertz CT molecular complexity index is 810. The van der Waals surface area contributed by atoms with Gasteiger partial charge < -0.3 is 10.6 Å². The third-order valence-corrected chi connectivity index (χ3v) is 3.45. The molecule has 0 aliphatic rings. The van der Waals surface area contributed by atoms with Gasteiger partial charge in [-0.25, -0.2) is 4.98 Å². The standard InChI is InChI=1S/C19H20N4/c1-13-7-9-16(10-8-13)21-18-12-15(3)20-19(23-18)22-17-6-4-5-14(2)11-17/h4-12H,1-3H3,(H2,20,21,22,23). The van der Waals surface area contributed by atoms with Gasteiger partial charge in [-0.15, -0.1) is 0 Å². The number of aromatic nitrogens is 2. The van der Waals surface area contributed by atoms with Crippen molar-refractivity contribution in [2.45, 2.75) is 20.8 Å². The monoisotopic (exact) mass is 304 g/mol. The molecule has 0 amide bonds. The highest BCUT2D eigenvalue weighted by Gasteiger charge is 2.04. The number of benzene rings is 2. The predicted molar refractivity (Wildman–Crippen MR) is 95.7 cm³/mol. The maximum absolute atomic E-state index is 4.54. The van der Waals surface area contributed by atoms with Gasteiger partial charge in [0.25, 0.3) is 0 Å². The van der Waals surface area contributed by atoms with Crippen molar-refractivity contribution < 1.29 is 0 Å². The average molecular weight is 304 g/mol. The van der Waals surface area contributed by atoms with E-state index >= 15 is 0 Å². The lowest BCUT2D eigenvalue weighted by Gasteiger charge is -2.10. The summed E-state index contributed by atoms with van der Waals surface area (Å²) in [6.45, 7) is 6.10. The van der Waals surface area contributed by atoms with Gasteiger partial charge in [0.2, 0.25) is 5.95 Å². The molecule has 116 valence electrons. The van der Waals surface area contributed by atoms with Crippen LogP contribution in [0.1, 0.15) is 16.8 Å². The first-order valence-corrected chi connectivity index (χ1v) is 7.61. The van der Waals surface area contributed by atoms with Gasteiger partial charge in [0, 0.05) is 23.1 Å². The first kappa shape index (κ1) is 15.0. The minimum atomic E-state index is 0.588. The lowest BCUT2D eigenvalue weighted by molar-refractivity contribution is 1.11. The molecular formula is C19H20N4. The van der Waals surface area contributed by atoms with Crippen molar-refractivity contribution in [2.24, 2.45) is 0 Å². The van der Waals surface area contributed by atoms with Crippen LogP contribution in [-0.4, -0.2) is 9.97 Å². The highest BCUT2D eigenvalue weighted by atomic mass is 15.1. The van der Waals surface area contributed by atoms with Crippen molar-refractivity contribution >= 4 is 23.1 Å². The Morgan fingerprint density at radius 2 is 1.48 bits per heavy atom. The summed E-state index contributed by atoms with van der Waals surface area (Å²) in [5.41, 5.74) is 5.33. The van der Waals surface area contributed by atoms with Crippen LogP contribution >= 0.6 is 0 Å². The van der Waals surface area contributed by atoms with Crippen LogP contribution in [-0.2, 0) is 0 Å². The number of rotatable bonds is 4. The molecule has 0 aliphatic carbocycles. The number of anilines is 4. The van der Waals surface area contributed by atoms with Crippen LogP contribution < -0.4 is 10.6 Å². The zero-order valence-corrected chi connectivity index (χ0v) is 13.6. The summed E-state index contributed by atoms with van der Waals surface area (Å²) < 4.78 is 0. The topological polar surface area (TPSA) is 49.8 Å². The number of hydrogen-bond donors (Lipinski definition) is 2. The molecule has 4 nitrogen and oxygen atoms in total. The summed E-state index contributed by atoms with van der Waals surface area (Å²) in [5.74, 6) is 1.36. The van der Waals surface area contributed by atoms with E-state index in [4.69, 9.17) is 0 Å². The predicted octanol–water partition coefficient (Wildman–Crippen LogP) is 4.89. The number of hydrogen-bond acceptors (Lipinski definition) is 4. The molecule has 0 fully saturated rings. The van der Waals surface area contributed by atoms with Crippen LogP contribution in [0, 0.1) is 20.8 Å². The van der Waals surface area contributed by atoms with Crippen LogP contribution in [0.25, 0.3) is 0 Å². The molecule has 0 unspecified atom stereocenters. The number of nitrogens with one attached hydrogen (secondary N) is 2. The second kappa shape index (κ2) is 6.48. The van der Waals surface area contributed by atoms with Crippen molar-refractivity contribution in [3.63, 3.8) is 0 Å². The fraction of sp³-hybridized carbons (Fsp3) is 0.158. The molecule has 23 heavy (non-hydrogen) atoms. The lowest BCUT2D eigenvalue weighted by Crippen LogP contribution is -2.02. The highest BCUT2D eigenvalue weighted by Crippen LogP contribution is 2.20. The number of aryl methyl sites for hydroxylation is 3. The van der Waals surface area contributed by atoms with Crippen LogP contribution in [0.4, 0.5) is 23.1 Å². The van der Waals surface area contributed by atoms with E-state index in [1.165, 1.54) is 11.1 Å². The van der Waals surface area contributed by atoms with E-state index in [0.29, 0.717) is 5.95 Å². The minimum Gasteiger partial charge on any atom is -0.340 e. The molecule has 1 aromatic heterocycles. The maximum Gasteiger partial charge on any atom is 0.229 e. The smallest absolute Gasteiger partial charge is 0.229 e. The normalized spacial score (nSPS) is 10.4. The fourth-order valence-electron chi connectivity index (χ4n) is 2.33. The van der Waals surface area contributed by atoms with Gasteiger partial charge in [-0.1, -0.05) is 29.8 Å². The van der Waals surface area contributed by atoms with Crippen molar-refractivity contribution in [3.8, 4) is 0 Å². The molecule has 0 aliphatic heterocycles. The Morgan fingerprint density at radius 3 is 2.22 bits per heavy atom. The molecule has 4 heteroatoms. The first-order chi connectivity index (χ1) is 11.1. The molecule has 3 aromatic rings. The summed E-state index contributed by atoms with van der Waals surface area (Å²) in [6.07, 6.45) is 0. The van der Waals surface area contributed by atoms with Gasteiger partial charge >= 0.3 is 0 Å². The van der Waals surface area contributed by atoms with Crippen LogP contribution in [0.5, 0.6) is 0 Å². The van der Waals surface area contributed by atoms with E-state index in [1.54, 1.807) is 0 Å². The summed E-state index contributed by atoms with van der Waals surface area (Å²) in [6, 6.07) is 18.3. The Balaban J connectivity index is 1.82. The third-order valence-electron chi connectivity index (χ3n) is 3.45. The van der Waals surface area contributed by atoms with Crippen LogP contribution in [0.3, 0.4) is 0 Å². The van der Waals surface area contributed by atoms with Gasteiger partial charge in [-0.3, -0.25) is 0 Å². The molecule has 0 saturated heterocycles. The third kappa shape index (κ3) is 4.07. The van der Waals surface area contributed by atoms with Crippen molar-refractivity contribution in [1.29, 1.82) is 0 Å². The van der Waals surface area contributed by atoms with Gasteiger partial charge in [0.05, 0.1) is 0 Å². The van der Waals surface area contributed by atoms with Crippen molar-refractivity contribution in [1.82, 2.24) is 9.97 Å². The van der Waals surface area contributed by atoms with E-state index in [2.05, 4.69) is 58.7 Å². The molecule has 3 rings (SSSR count). The van der Waals surface area contributed by atoms with Gasteiger partial charge in [0.1, 0.15) is 5.82 Å². The summed E-state index contributed by atoms with van der Waals surface area (Å²) >= 11 is 0. The van der Waals surface area contributed by atoms with E-state index in [-0.39, 0.29) is 0 Å². The lowest BCUT2D eigenvalue weighted by atomic mass is 10.2. The fourth-order valence-corrected chi connectivity index (χ4v) is 2.33. The number of nitrogens with zero attached hydrogens (tertiary/aromatic N) is 2. The van der Waals surface area contributed by atoms with E-state index in [9.17, 15) is 0 Å². The quantitative estimate of drug-likeness (QED) is 0.720. The summed E-state index contributed by atoms with van der Waals surface area (Å²) in [7, 11) is 0. The van der Waals surface area contributed by atoms with Crippen molar-refractivity contribution in [2.75, 3.05) is 10.6 Å². The molecule has 0 spiro atoms. The van der Waals surface area contributed by atoms with E-state index in [1.807, 2.05) is 37.3 Å². The van der Waals surface area contributed by atoms with Crippen LogP contribution in [0.15, 0.2) is 54.6 Å². The molecular weight excluding hydrogens is 284 g/mol. The Labute approximate surface area is 136 Å². The molecule has 0 radical (unpaired) electrons. The molecule has 2 aromatic carbocycles. The van der Waals surface area contributed by atoms with Gasteiger partial charge in [0.15, 0.2) is 0 Å². The molecule has 1 heterocycles. The van der Waals surface area contributed by atoms with Gasteiger partial charge in [-0.2, -0.15) is 4.98 Å². The Morgan fingerprint density at radius 1 is 0.696 bits per heavy atom. The second-order valence-electron chi connectivity index (χ2n) is 5.70. The molecule has 2 N–H and O–H groups in total. The Hall–Kier alpha value is -2.88. The van der Waals surface area contributed by atoms with E-state index in [0.717, 1.165) is 22.9 Å². The zero-order chi connectivity index (χ0) is 16.2. The summed E-state index contributed by atoms with van der Waals surface area (Å²) in [4.78, 5) is 9.00. The minimum absolute atomic E-state index is 0.588. The molecule has 0 saturated carbocycles. The largest absolute Gasteiger partial charge is 0.340 e. The van der Waals surface area contributed by atoms with Crippen LogP contribution in [0.2, 0.25) is 0 Å². The average Bonchev–Trinajstić information content (AvgIpc) is 2.49. The molecule has 0 atom stereocenters. The SMILES string of the molecule is Cc1ccc(Nc2cc(C)nc(Nc3cccc(C)c3)n2)cc1. The highest BCUT2D eigenvalue weighted by molar-refractivity contribution is 5.60. The van der Waals surface area contributed by atoms with E-state index < -0.39 is 0 Å². The summed E-state index contributed by atoms with van der Waals surface area (Å²) in [5, 5.41) is 6.58. The zero-order valence-electron chi connectivity index (χ0n) is 13.6. The maximum atomic E-state index is 4.54. The first-order valence-electron chi connectivity index (χ1n) is 7.61. The van der Waals surface area contributed by atoms with Gasteiger partial charge in [-0.05, 0) is 50.6 Å². The molecule has 0 bridgehead atoms.